The van der Waals surface area contributed by atoms with Crippen LogP contribution in [0.4, 0.5) is 0 Å². The summed E-state index contributed by atoms with van der Waals surface area (Å²) in [6.45, 7) is 6.42. The van der Waals surface area contributed by atoms with Gasteiger partial charge >= 0.3 is 0 Å². The molecule has 0 atom stereocenters. The molecule has 0 amide bonds. The zero-order valence-corrected chi connectivity index (χ0v) is 17.2. The maximum Gasteiger partial charge on any atom is 0.257 e. The summed E-state index contributed by atoms with van der Waals surface area (Å²) in [5.74, 6) is 3.06. The van der Waals surface area contributed by atoms with Crippen molar-refractivity contribution in [1.29, 1.82) is 0 Å². The second-order valence-corrected chi connectivity index (χ2v) is 6.54. The first-order valence-electron chi connectivity index (χ1n) is 9.96. The van der Waals surface area contributed by atoms with Gasteiger partial charge in [0.05, 0.1) is 0 Å². The Hall–Kier alpha value is -3.23. The lowest BCUT2D eigenvalue weighted by Gasteiger charge is -2.12. The van der Waals surface area contributed by atoms with Crippen molar-refractivity contribution in [3.63, 3.8) is 0 Å². The van der Waals surface area contributed by atoms with Crippen molar-refractivity contribution >= 4 is 5.96 Å². The second-order valence-electron chi connectivity index (χ2n) is 6.54. The van der Waals surface area contributed by atoms with Crippen molar-refractivity contribution in [1.82, 2.24) is 35.5 Å². The highest BCUT2D eigenvalue weighted by Gasteiger charge is 2.07. The van der Waals surface area contributed by atoms with Gasteiger partial charge in [0.1, 0.15) is 12.2 Å². The van der Waals surface area contributed by atoms with Crippen LogP contribution in [0, 0.1) is 0 Å². The van der Waals surface area contributed by atoms with Gasteiger partial charge in [-0.2, -0.15) is 4.98 Å². The Kier molecular flexibility index (Phi) is 7.32. The van der Waals surface area contributed by atoms with Crippen molar-refractivity contribution in [3.8, 4) is 11.5 Å². The SMILES string of the molecule is CCc1noc(-c2ccc(CCNC(=NC)NCCn3cnnc3CC)cc2)n1. The van der Waals surface area contributed by atoms with E-state index in [4.69, 9.17) is 4.52 Å². The molecule has 0 aliphatic carbocycles. The van der Waals surface area contributed by atoms with Crippen molar-refractivity contribution < 1.29 is 4.52 Å². The van der Waals surface area contributed by atoms with Crippen LogP contribution in [0.1, 0.15) is 31.1 Å². The maximum atomic E-state index is 5.28. The number of nitrogens with one attached hydrogen (secondary N) is 2. The van der Waals surface area contributed by atoms with Crippen molar-refractivity contribution in [2.24, 2.45) is 4.99 Å². The number of nitrogens with zero attached hydrogens (tertiary/aromatic N) is 6. The third kappa shape index (κ3) is 5.63. The van der Waals surface area contributed by atoms with Crippen molar-refractivity contribution in [2.75, 3.05) is 20.1 Å². The summed E-state index contributed by atoms with van der Waals surface area (Å²) in [6.07, 6.45) is 4.29. The predicted molar refractivity (Wildman–Crippen MR) is 112 cm³/mol. The lowest BCUT2D eigenvalue weighted by atomic mass is 10.1. The van der Waals surface area contributed by atoms with Gasteiger partial charge in [-0.05, 0) is 24.1 Å². The number of hydrogen-bond donors (Lipinski definition) is 2. The van der Waals surface area contributed by atoms with Crippen LogP contribution in [0.3, 0.4) is 0 Å². The fourth-order valence-corrected chi connectivity index (χ4v) is 2.91. The van der Waals surface area contributed by atoms with Gasteiger partial charge in [0.15, 0.2) is 11.8 Å². The van der Waals surface area contributed by atoms with Gasteiger partial charge in [-0.1, -0.05) is 31.1 Å². The Morgan fingerprint density at radius 1 is 1.10 bits per heavy atom. The van der Waals surface area contributed by atoms with E-state index in [1.807, 2.05) is 19.1 Å². The molecule has 0 saturated carbocycles. The lowest BCUT2D eigenvalue weighted by Crippen LogP contribution is -2.39. The summed E-state index contributed by atoms with van der Waals surface area (Å²) in [7, 11) is 1.77. The molecule has 1 aromatic carbocycles. The van der Waals surface area contributed by atoms with Crippen LogP contribution in [0.2, 0.25) is 0 Å². The van der Waals surface area contributed by atoms with Gasteiger partial charge < -0.3 is 19.7 Å². The summed E-state index contributed by atoms with van der Waals surface area (Å²) in [4.78, 5) is 8.63. The van der Waals surface area contributed by atoms with Gasteiger partial charge in [-0.25, -0.2) is 0 Å². The summed E-state index contributed by atoms with van der Waals surface area (Å²) in [6, 6.07) is 8.20. The molecule has 3 rings (SSSR count). The lowest BCUT2D eigenvalue weighted by molar-refractivity contribution is 0.423. The third-order valence-corrected chi connectivity index (χ3v) is 4.57. The number of guanidine groups is 1. The average molecular weight is 396 g/mol. The Bertz CT molecular complexity index is 913. The molecule has 0 fully saturated rings. The van der Waals surface area contributed by atoms with E-state index in [0.717, 1.165) is 62.1 Å². The predicted octanol–water partition coefficient (Wildman–Crippen LogP) is 1.86. The minimum Gasteiger partial charge on any atom is -0.356 e. The highest BCUT2D eigenvalue weighted by molar-refractivity contribution is 5.79. The van der Waals surface area contributed by atoms with E-state index in [2.05, 4.69) is 59.6 Å². The monoisotopic (exact) mass is 396 g/mol. The van der Waals surface area contributed by atoms with Gasteiger partial charge in [-0.3, -0.25) is 4.99 Å². The molecule has 2 aromatic heterocycles. The van der Waals surface area contributed by atoms with E-state index < -0.39 is 0 Å². The molecule has 0 saturated heterocycles. The zero-order valence-electron chi connectivity index (χ0n) is 17.2. The first-order chi connectivity index (χ1) is 14.2. The Morgan fingerprint density at radius 3 is 2.59 bits per heavy atom. The second kappa shape index (κ2) is 10.4. The first-order valence-corrected chi connectivity index (χ1v) is 9.96. The number of aliphatic imine (C=N–C) groups is 1. The van der Waals surface area contributed by atoms with Gasteiger partial charge in [0.2, 0.25) is 0 Å². The fourth-order valence-electron chi connectivity index (χ4n) is 2.91. The van der Waals surface area contributed by atoms with E-state index in [0.29, 0.717) is 5.89 Å². The van der Waals surface area contributed by atoms with Crippen LogP contribution < -0.4 is 10.6 Å². The molecule has 0 radical (unpaired) electrons. The van der Waals surface area contributed by atoms with Gasteiger partial charge in [0.25, 0.3) is 5.89 Å². The van der Waals surface area contributed by atoms with Crippen molar-refractivity contribution in [3.05, 3.63) is 47.8 Å². The minimum absolute atomic E-state index is 0.565. The standard InChI is InChI=1S/C20H28N8O/c1-4-17-25-19(29-27-17)16-8-6-15(7-9-16)10-11-22-20(21-3)23-12-13-28-14-24-26-18(28)5-2/h6-9,14H,4-5,10-13H2,1-3H3,(H2,21,22,23). The van der Waals surface area contributed by atoms with Crippen LogP contribution in [-0.4, -0.2) is 51.0 Å². The quantitative estimate of drug-likeness (QED) is 0.420. The molecule has 3 aromatic rings. The molecule has 0 spiro atoms. The molecule has 2 N–H and O–H groups in total. The summed E-state index contributed by atoms with van der Waals surface area (Å²) in [5, 5.41) is 18.6. The van der Waals surface area contributed by atoms with Crippen LogP contribution in [0.25, 0.3) is 11.5 Å². The largest absolute Gasteiger partial charge is 0.356 e. The topological polar surface area (TPSA) is 106 Å². The molecule has 0 unspecified atom stereocenters. The van der Waals surface area contributed by atoms with E-state index in [1.165, 1.54) is 5.56 Å². The van der Waals surface area contributed by atoms with Gasteiger partial charge in [-0.15, -0.1) is 10.2 Å². The highest BCUT2D eigenvalue weighted by Crippen LogP contribution is 2.18. The summed E-state index contributed by atoms with van der Waals surface area (Å²) >= 11 is 0. The Morgan fingerprint density at radius 2 is 1.90 bits per heavy atom. The van der Waals surface area contributed by atoms with Crippen LogP contribution in [-0.2, 0) is 25.8 Å². The number of aromatic nitrogens is 5. The average Bonchev–Trinajstić information content (AvgIpc) is 3.42. The number of benzene rings is 1. The zero-order chi connectivity index (χ0) is 20.5. The van der Waals surface area contributed by atoms with E-state index in [1.54, 1.807) is 13.4 Å². The number of rotatable bonds is 9. The molecule has 0 bridgehead atoms. The number of aryl methyl sites for hydroxylation is 2. The van der Waals surface area contributed by atoms with Crippen LogP contribution in [0.5, 0.6) is 0 Å². The molecule has 29 heavy (non-hydrogen) atoms. The van der Waals surface area contributed by atoms with Crippen LogP contribution >= 0.6 is 0 Å². The van der Waals surface area contributed by atoms with Crippen LogP contribution in [0.15, 0.2) is 40.1 Å². The van der Waals surface area contributed by atoms with Gasteiger partial charge in [0, 0.05) is 45.1 Å². The molecular formula is C20H28N8O. The minimum atomic E-state index is 0.565. The molecule has 9 heteroatoms. The molecule has 154 valence electrons. The van der Waals surface area contributed by atoms with E-state index in [-0.39, 0.29) is 0 Å². The highest BCUT2D eigenvalue weighted by atomic mass is 16.5. The third-order valence-electron chi connectivity index (χ3n) is 4.57. The van der Waals surface area contributed by atoms with E-state index in [9.17, 15) is 0 Å². The smallest absolute Gasteiger partial charge is 0.257 e. The molecule has 2 heterocycles. The maximum absolute atomic E-state index is 5.28. The number of hydrogen-bond acceptors (Lipinski definition) is 6. The molecule has 0 aliphatic heterocycles. The Balaban J connectivity index is 1.42. The Labute approximate surface area is 170 Å². The normalized spacial score (nSPS) is 11.6. The van der Waals surface area contributed by atoms with Crippen molar-refractivity contribution in [2.45, 2.75) is 39.7 Å². The summed E-state index contributed by atoms with van der Waals surface area (Å²) < 4.78 is 7.33. The summed E-state index contributed by atoms with van der Waals surface area (Å²) in [5.41, 5.74) is 2.16. The molecule has 9 nitrogen and oxygen atoms in total. The first kappa shape index (κ1) is 20.5. The fraction of sp³-hybridized carbons (Fsp3) is 0.450. The molecule has 0 aliphatic rings. The molecular weight excluding hydrogens is 368 g/mol. The van der Waals surface area contributed by atoms with E-state index >= 15 is 0 Å².